The minimum Gasteiger partial charge on any atom is -0.318 e. The maximum Gasteiger partial charge on any atom is 0.322 e. The van der Waals surface area contributed by atoms with Gasteiger partial charge < -0.3 is 10.2 Å². The van der Waals surface area contributed by atoms with Crippen molar-refractivity contribution >= 4 is 21.6 Å². The van der Waals surface area contributed by atoms with Gasteiger partial charge in [-0.2, -0.15) is 0 Å². The Morgan fingerprint density at radius 3 is 2.38 bits per heavy atom. The van der Waals surface area contributed by atoms with Gasteiger partial charge in [0.15, 0.2) is 0 Å². The number of urea groups is 1. The Bertz CT molecular complexity index is 606. The Morgan fingerprint density at radius 2 is 1.90 bits per heavy atom. The zero-order chi connectivity index (χ0) is 15.6. The van der Waals surface area contributed by atoms with Crippen molar-refractivity contribution in [3.63, 3.8) is 0 Å². The molecule has 0 radical (unpaired) electrons. The van der Waals surface area contributed by atoms with Crippen LogP contribution in [-0.2, 0) is 9.84 Å². The van der Waals surface area contributed by atoms with Gasteiger partial charge in [0.1, 0.15) is 9.84 Å². The van der Waals surface area contributed by atoms with E-state index in [0.29, 0.717) is 0 Å². The van der Waals surface area contributed by atoms with Crippen LogP contribution in [0.3, 0.4) is 0 Å². The summed E-state index contributed by atoms with van der Waals surface area (Å²) in [5, 5.41) is 2.85. The number of sulfone groups is 1. The summed E-state index contributed by atoms with van der Waals surface area (Å²) < 4.78 is 22.9. The fourth-order valence-electron chi connectivity index (χ4n) is 2.42. The molecule has 0 heterocycles. The standard InChI is InChI=1S/C15H22N2O3S/c1-11-4-6-13(7-5-11)16-15(18)17(14-8-9-14)12(2)10-21(3,19)20/h4-7,12,14H,8-10H2,1-3H3,(H,16,18)/t12-/m0/s1. The highest BCUT2D eigenvalue weighted by Gasteiger charge is 2.36. The van der Waals surface area contributed by atoms with Crippen molar-refractivity contribution < 1.29 is 13.2 Å². The third-order valence-electron chi connectivity index (χ3n) is 3.50. The molecule has 1 aromatic carbocycles. The first-order valence-electron chi connectivity index (χ1n) is 7.10. The summed E-state index contributed by atoms with van der Waals surface area (Å²) in [6.07, 6.45) is 3.08. The summed E-state index contributed by atoms with van der Waals surface area (Å²) in [5.41, 5.74) is 1.85. The topological polar surface area (TPSA) is 66.5 Å². The molecule has 1 fully saturated rings. The van der Waals surface area contributed by atoms with E-state index in [1.165, 1.54) is 6.26 Å². The monoisotopic (exact) mass is 310 g/mol. The number of nitrogens with one attached hydrogen (secondary N) is 1. The number of aryl methyl sites for hydroxylation is 1. The summed E-state index contributed by atoms with van der Waals surface area (Å²) >= 11 is 0. The van der Waals surface area contributed by atoms with Crippen molar-refractivity contribution in [2.75, 3.05) is 17.3 Å². The lowest BCUT2D eigenvalue weighted by Gasteiger charge is -2.29. The van der Waals surface area contributed by atoms with Crippen LogP contribution >= 0.6 is 0 Å². The van der Waals surface area contributed by atoms with E-state index in [2.05, 4.69) is 5.32 Å². The zero-order valence-corrected chi connectivity index (χ0v) is 13.5. The second kappa shape index (κ2) is 6.05. The first-order chi connectivity index (χ1) is 9.76. The molecule has 6 heteroatoms. The summed E-state index contributed by atoms with van der Waals surface area (Å²) in [6, 6.07) is 7.16. The maximum absolute atomic E-state index is 12.4. The predicted octanol–water partition coefficient (Wildman–Crippen LogP) is 2.42. The average Bonchev–Trinajstić information content (AvgIpc) is 3.14. The van der Waals surface area contributed by atoms with Crippen molar-refractivity contribution in [2.24, 2.45) is 0 Å². The van der Waals surface area contributed by atoms with E-state index >= 15 is 0 Å². The van der Waals surface area contributed by atoms with E-state index in [4.69, 9.17) is 0 Å². The first-order valence-corrected chi connectivity index (χ1v) is 9.16. The highest BCUT2D eigenvalue weighted by molar-refractivity contribution is 7.90. The van der Waals surface area contributed by atoms with Crippen LogP contribution in [0.25, 0.3) is 0 Å². The fraction of sp³-hybridized carbons (Fsp3) is 0.533. The molecule has 0 spiro atoms. The molecule has 5 nitrogen and oxygen atoms in total. The zero-order valence-electron chi connectivity index (χ0n) is 12.7. The second-order valence-corrected chi connectivity index (χ2v) is 8.06. The van der Waals surface area contributed by atoms with Crippen molar-refractivity contribution in [1.82, 2.24) is 4.90 Å². The van der Waals surface area contributed by atoms with Gasteiger partial charge in [0.2, 0.25) is 0 Å². The van der Waals surface area contributed by atoms with Crippen LogP contribution in [0.2, 0.25) is 0 Å². The van der Waals surface area contributed by atoms with E-state index in [0.717, 1.165) is 24.1 Å². The molecule has 2 rings (SSSR count). The number of hydrogen-bond acceptors (Lipinski definition) is 3. The molecule has 0 unspecified atom stereocenters. The largest absolute Gasteiger partial charge is 0.322 e. The summed E-state index contributed by atoms with van der Waals surface area (Å²) in [7, 11) is -3.11. The Labute approximate surface area is 126 Å². The SMILES string of the molecule is Cc1ccc(NC(=O)N(C2CC2)[C@@H](C)CS(C)(=O)=O)cc1. The van der Waals surface area contributed by atoms with Crippen LogP contribution in [0.1, 0.15) is 25.3 Å². The smallest absolute Gasteiger partial charge is 0.318 e. The number of hydrogen-bond donors (Lipinski definition) is 1. The second-order valence-electron chi connectivity index (χ2n) is 5.88. The molecule has 0 saturated heterocycles. The minimum absolute atomic E-state index is 0.00911. The molecule has 1 N–H and O–H groups in total. The van der Waals surface area contributed by atoms with Gasteiger partial charge in [0.25, 0.3) is 0 Å². The van der Waals surface area contributed by atoms with Gasteiger partial charge in [-0.05, 0) is 38.8 Å². The van der Waals surface area contributed by atoms with E-state index < -0.39 is 9.84 Å². The quantitative estimate of drug-likeness (QED) is 0.908. The lowest BCUT2D eigenvalue weighted by atomic mass is 10.2. The fourth-order valence-corrected chi connectivity index (χ4v) is 3.46. The predicted molar refractivity (Wildman–Crippen MR) is 84.2 cm³/mol. The minimum atomic E-state index is -3.11. The number of carbonyl (C=O) groups excluding carboxylic acids is 1. The molecule has 0 bridgehead atoms. The molecule has 1 aliphatic rings. The van der Waals surface area contributed by atoms with Crippen LogP contribution in [0.5, 0.6) is 0 Å². The lowest BCUT2D eigenvalue weighted by Crippen LogP contribution is -2.45. The van der Waals surface area contributed by atoms with Gasteiger partial charge in [0.05, 0.1) is 5.75 Å². The van der Waals surface area contributed by atoms with Crippen LogP contribution in [0.4, 0.5) is 10.5 Å². The Kier molecular flexibility index (Phi) is 4.56. The van der Waals surface area contributed by atoms with Crippen molar-refractivity contribution in [3.05, 3.63) is 29.8 Å². The van der Waals surface area contributed by atoms with Gasteiger partial charge in [-0.1, -0.05) is 17.7 Å². The lowest BCUT2D eigenvalue weighted by molar-refractivity contribution is 0.194. The highest BCUT2D eigenvalue weighted by atomic mass is 32.2. The van der Waals surface area contributed by atoms with Gasteiger partial charge >= 0.3 is 6.03 Å². The van der Waals surface area contributed by atoms with Crippen LogP contribution in [0, 0.1) is 6.92 Å². The van der Waals surface area contributed by atoms with Crippen LogP contribution in [0.15, 0.2) is 24.3 Å². The van der Waals surface area contributed by atoms with E-state index in [9.17, 15) is 13.2 Å². The van der Waals surface area contributed by atoms with E-state index in [1.807, 2.05) is 31.2 Å². The number of benzene rings is 1. The molecule has 21 heavy (non-hydrogen) atoms. The van der Waals surface area contributed by atoms with Gasteiger partial charge in [-0.25, -0.2) is 13.2 Å². The highest BCUT2D eigenvalue weighted by Crippen LogP contribution is 2.29. The molecule has 1 aliphatic carbocycles. The first kappa shape index (κ1) is 15.8. The molecule has 1 saturated carbocycles. The molecule has 2 amide bonds. The molecule has 0 aliphatic heterocycles. The van der Waals surface area contributed by atoms with Gasteiger partial charge in [-0.3, -0.25) is 0 Å². The number of anilines is 1. The summed E-state index contributed by atoms with van der Waals surface area (Å²) in [6.45, 7) is 3.77. The van der Waals surface area contributed by atoms with Gasteiger partial charge in [-0.15, -0.1) is 0 Å². The normalized spacial score (nSPS) is 16.3. The number of rotatable bonds is 5. The van der Waals surface area contributed by atoms with Crippen LogP contribution < -0.4 is 5.32 Å². The van der Waals surface area contributed by atoms with Crippen molar-refractivity contribution in [2.45, 2.75) is 38.8 Å². The molecule has 1 atom stereocenters. The number of amides is 2. The molecule has 116 valence electrons. The van der Waals surface area contributed by atoms with E-state index in [1.54, 1.807) is 11.8 Å². The number of carbonyl (C=O) groups is 1. The molecule has 1 aromatic rings. The van der Waals surface area contributed by atoms with Crippen molar-refractivity contribution in [1.29, 1.82) is 0 Å². The van der Waals surface area contributed by atoms with Gasteiger partial charge in [0, 0.05) is 24.0 Å². The van der Waals surface area contributed by atoms with E-state index in [-0.39, 0.29) is 23.9 Å². The Hall–Kier alpha value is -1.56. The Morgan fingerprint density at radius 1 is 1.33 bits per heavy atom. The molecular weight excluding hydrogens is 288 g/mol. The maximum atomic E-state index is 12.4. The summed E-state index contributed by atoms with van der Waals surface area (Å²) in [5.74, 6) is -0.00911. The third kappa shape index (κ3) is 4.74. The molecular formula is C15H22N2O3S. The molecule has 0 aromatic heterocycles. The Balaban J connectivity index is 2.07. The number of nitrogens with zero attached hydrogens (tertiary/aromatic N) is 1. The average molecular weight is 310 g/mol. The van der Waals surface area contributed by atoms with Crippen LogP contribution in [-0.4, -0.2) is 43.4 Å². The van der Waals surface area contributed by atoms with Crippen molar-refractivity contribution in [3.8, 4) is 0 Å². The summed E-state index contributed by atoms with van der Waals surface area (Å²) in [4.78, 5) is 14.1. The third-order valence-corrected chi connectivity index (χ3v) is 4.58.